The van der Waals surface area contributed by atoms with Crippen LogP contribution in [0.15, 0.2) is 46.9 Å². The van der Waals surface area contributed by atoms with Crippen LogP contribution in [0.5, 0.6) is 0 Å². The summed E-state index contributed by atoms with van der Waals surface area (Å²) in [6, 6.07) is 14.5. The molecule has 1 fully saturated rings. The van der Waals surface area contributed by atoms with Crippen LogP contribution >= 0.6 is 15.9 Å². The predicted octanol–water partition coefficient (Wildman–Crippen LogP) is 3.83. The molecule has 5 heteroatoms. The van der Waals surface area contributed by atoms with Crippen LogP contribution in [0.4, 0.5) is 5.69 Å². The molecule has 0 amide bonds. The van der Waals surface area contributed by atoms with Crippen molar-refractivity contribution in [1.29, 1.82) is 0 Å². The standard InChI is InChI=1S/C17H16BrN3O/c18-14-11-12(21-7-9-22-10-8-21)5-6-13(14)17-19-15-3-1-2-4-16(15)20-17/h1-6,11H,7-10H2,(H,19,20). The Hall–Kier alpha value is -1.85. The van der Waals surface area contributed by atoms with E-state index in [1.807, 2.05) is 24.3 Å². The Kier molecular flexibility index (Phi) is 3.60. The summed E-state index contributed by atoms with van der Waals surface area (Å²) >= 11 is 3.69. The zero-order valence-electron chi connectivity index (χ0n) is 12.1. The van der Waals surface area contributed by atoms with Gasteiger partial charge in [-0.3, -0.25) is 0 Å². The molecule has 22 heavy (non-hydrogen) atoms. The summed E-state index contributed by atoms with van der Waals surface area (Å²) in [4.78, 5) is 10.4. The molecule has 1 saturated heterocycles. The second-order valence-electron chi connectivity index (χ2n) is 5.37. The van der Waals surface area contributed by atoms with Gasteiger partial charge in [0.25, 0.3) is 0 Å². The third-order valence-corrected chi connectivity index (χ3v) is 4.63. The zero-order valence-corrected chi connectivity index (χ0v) is 13.6. The topological polar surface area (TPSA) is 41.1 Å². The van der Waals surface area contributed by atoms with Crippen molar-refractivity contribution in [2.24, 2.45) is 0 Å². The number of nitrogens with one attached hydrogen (secondary N) is 1. The molecule has 0 bridgehead atoms. The summed E-state index contributed by atoms with van der Waals surface area (Å²) < 4.78 is 6.46. The molecule has 4 rings (SSSR count). The van der Waals surface area contributed by atoms with Gasteiger partial charge in [0.15, 0.2) is 0 Å². The van der Waals surface area contributed by atoms with Gasteiger partial charge in [0.2, 0.25) is 0 Å². The number of morpholine rings is 1. The highest BCUT2D eigenvalue weighted by Gasteiger charge is 2.14. The number of aromatic amines is 1. The number of anilines is 1. The predicted molar refractivity (Wildman–Crippen MR) is 92.3 cm³/mol. The highest BCUT2D eigenvalue weighted by Crippen LogP contribution is 2.31. The number of hydrogen-bond acceptors (Lipinski definition) is 3. The van der Waals surface area contributed by atoms with Gasteiger partial charge in [-0.25, -0.2) is 4.98 Å². The molecular formula is C17H16BrN3O. The number of imidazole rings is 1. The first-order chi connectivity index (χ1) is 10.8. The van der Waals surface area contributed by atoms with Crippen molar-refractivity contribution in [3.8, 4) is 11.4 Å². The van der Waals surface area contributed by atoms with Crippen LogP contribution in [0.2, 0.25) is 0 Å². The maximum absolute atomic E-state index is 5.41. The number of para-hydroxylation sites is 2. The molecule has 0 spiro atoms. The van der Waals surface area contributed by atoms with E-state index in [9.17, 15) is 0 Å². The first-order valence-electron chi connectivity index (χ1n) is 7.38. The fourth-order valence-electron chi connectivity index (χ4n) is 2.79. The van der Waals surface area contributed by atoms with Gasteiger partial charge in [0.1, 0.15) is 5.82 Å². The molecule has 1 aliphatic rings. The summed E-state index contributed by atoms with van der Waals surface area (Å²) in [5, 5.41) is 0. The molecule has 1 aliphatic heterocycles. The quantitative estimate of drug-likeness (QED) is 0.757. The van der Waals surface area contributed by atoms with Crippen molar-refractivity contribution in [3.05, 3.63) is 46.9 Å². The smallest absolute Gasteiger partial charge is 0.139 e. The van der Waals surface area contributed by atoms with E-state index in [0.717, 1.165) is 53.2 Å². The number of nitrogens with zero attached hydrogens (tertiary/aromatic N) is 2. The second kappa shape index (κ2) is 5.74. The third-order valence-electron chi connectivity index (χ3n) is 3.97. The van der Waals surface area contributed by atoms with Crippen molar-refractivity contribution in [2.75, 3.05) is 31.2 Å². The van der Waals surface area contributed by atoms with Gasteiger partial charge < -0.3 is 14.6 Å². The van der Waals surface area contributed by atoms with Gasteiger partial charge in [-0.15, -0.1) is 0 Å². The van der Waals surface area contributed by atoms with Crippen molar-refractivity contribution in [3.63, 3.8) is 0 Å². The van der Waals surface area contributed by atoms with Gasteiger partial charge in [0.05, 0.1) is 24.2 Å². The Bertz CT molecular complexity index is 776. The molecule has 2 aromatic carbocycles. The first kappa shape index (κ1) is 13.8. The average molecular weight is 358 g/mol. The van der Waals surface area contributed by atoms with Crippen molar-refractivity contribution in [1.82, 2.24) is 9.97 Å². The molecule has 0 atom stereocenters. The van der Waals surface area contributed by atoms with Gasteiger partial charge in [-0.2, -0.15) is 0 Å². The van der Waals surface area contributed by atoms with E-state index < -0.39 is 0 Å². The normalized spacial score (nSPS) is 15.4. The Morgan fingerprint density at radius 3 is 2.68 bits per heavy atom. The number of aromatic nitrogens is 2. The van der Waals surface area contributed by atoms with Crippen LogP contribution in [-0.4, -0.2) is 36.3 Å². The summed E-state index contributed by atoms with van der Waals surface area (Å²) in [5.41, 5.74) is 4.34. The Morgan fingerprint density at radius 1 is 1.09 bits per heavy atom. The summed E-state index contributed by atoms with van der Waals surface area (Å²) in [6.07, 6.45) is 0. The van der Waals surface area contributed by atoms with E-state index in [-0.39, 0.29) is 0 Å². The SMILES string of the molecule is Brc1cc(N2CCOCC2)ccc1-c1nc2ccccc2[nH]1. The molecule has 112 valence electrons. The summed E-state index contributed by atoms with van der Waals surface area (Å²) in [5.74, 6) is 0.890. The van der Waals surface area contributed by atoms with Crippen LogP contribution in [0.3, 0.4) is 0 Å². The van der Waals surface area contributed by atoms with Crippen molar-refractivity contribution < 1.29 is 4.74 Å². The van der Waals surface area contributed by atoms with E-state index in [0.29, 0.717) is 0 Å². The molecule has 2 heterocycles. The number of hydrogen-bond donors (Lipinski definition) is 1. The number of rotatable bonds is 2. The van der Waals surface area contributed by atoms with Crippen molar-refractivity contribution in [2.45, 2.75) is 0 Å². The second-order valence-corrected chi connectivity index (χ2v) is 6.22. The van der Waals surface area contributed by atoms with E-state index in [1.165, 1.54) is 5.69 Å². The van der Waals surface area contributed by atoms with Gasteiger partial charge in [-0.05, 0) is 46.3 Å². The Morgan fingerprint density at radius 2 is 1.91 bits per heavy atom. The lowest BCUT2D eigenvalue weighted by Crippen LogP contribution is -2.36. The Balaban J connectivity index is 1.70. The van der Waals surface area contributed by atoms with Gasteiger partial charge in [0, 0.05) is 28.8 Å². The summed E-state index contributed by atoms with van der Waals surface area (Å²) in [6.45, 7) is 3.47. The first-order valence-corrected chi connectivity index (χ1v) is 8.18. The minimum absolute atomic E-state index is 0.795. The van der Waals surface area contributed by atoms with Crippen LogP contribution in [0.1, 0.15) is 0 Å². The highest BCUT2D eigenvalue weighted by molar-refractivity contribution is 9.10. The fourth-order valence-corrected chi connectivity index (χ4v) is 3.35. The lowest BCUT2D eigenvalue weighted by molar-refractivity contribution is 0.122. The van der Waals surface area contributed by atoms with E-state index in [2.05, 4.69) is 49.0 Å². The molecular weight excluding hydrogens is 342 g/mol. The Labute approximate surface area is 137 Å². The van der Waals surface area contributed by atoms with Crippen LogP contribution in [-0.2, 0) is 4.74 Å². The molecule has 1 aromatic heterocycles. The zero-order chi connectivity index (χ0) is 14.9. The number of halogens is 1. The maximum Gasteiger partial charge on any atom is 0.139 e. The molecule has 1 N–H and O–H groups in total. The molecule has 3 aromatic rings. The largest absolute Gasteiger partial charge is 0.378 e. The summed E-state index contributed by atoms with van der Waals surface area (Å²) in [7, 11) is 0. The maximum atomic E-state index is 5.41. The number of ether oxygens (including phenoxy) is 1. The van der Waals surface area contributed by atoms with Crippen LogP contribution in [0, 0.1) is 0 Å². The molecule has 0 radical (unpaired) electrons. The lowest BCUT2D eigenvalue weighted by atomic mass is 10.2. The van der Waals surface area contributed by atoms with E-state index in [4.69, 9.17) is 4.74 Å². The minimum Gasteiger partial charge on any atom is -0.378 e. The van der Waals surface area contributed by atoms with E-state index >= 15 is 0 Å². The van der Waals surface area contributed by atoms with Gasteiger partial charge >= 0.3 is 0 Å². The number of benzene rings is 2. The molecule has 0 aliphatic carbocycles. The monoisotopic (exact) mass is 357 g/mol. The number of fused-ring (bicyclic) bond motifs is 1. The van der Waals surface area contributed by atoms with Crippen LogP contribution in [0.25, 0.3) is 22.4 Å². The van der Waals surface area contributed by atoms with Crippen molar-refractivity contribution >= 4 is 32.7 Å². The lowest BCUT2D eigenvalue weighted by Gasteiger charge is -2.29. The number of H-pyrrole nitrogens is 1. The molecule has 4 nitrogen and oxygen atoms in total. The van der Waals surface area contributed by atoms with E-state index in [1.54, 1.807) is 0 Å². The average Bonchev–Trinajstić information content (AvgIpc) is 2.99. The van der Waals surface area contributed by atoms with Crippen LogP contribution < -0.4 is 4.90 Å². The highest BCUT2D eigenvalue weighted by atomic mass is 79.9. The third kappa shape index (κ3) is 2.51. The van der Waals surface area contributed by atoms with Gasteiger partial charge in [-0.1, -0.05) is 12.1 Å². The molecule has 0 saturated carbocycles. The molecule has 0 unspecified atom stereocenters. The minimum atomic E-state index is 0.795. The fraction of sp³-hybridized carbons (Fsp3) is 0.235.